The van der Waals surface area contributed by atoms with Gasteiger partial charge in [0.2, 0.25) is 0 Å². The molecule has 0 N–H and O–H groups in total. The lowest BCUT2D eigenvalue weighted by Crippen LogP contribution is -2.11. The second kappa shape index (κ2) is 7.76. The van der Waals surface area contributed by atoms with Gasteiger partial charge in [0.1, 0.15) is 0 Å². The van der Waals surface area contributed by atoms with Gasteiger partial charge in [0.05, 0.1) is 0 Å². The van der Waals surface area contributed by atoms with Crippen LogP contribution in [0.4, 0.5) is 0 Å². The second-order valence-electron chi connectivity index (χ2n) is 2.36. The van der Waals surface area contributed by atoms with Crippen LogP contribution in [0.15, 0.2) is 12.2 Å². The predicted octanol–water partition coefficient (Wildman–Crippen LogP) is 2.35. The maximum atomic E-state index is 5.02. The standard InChI is InChI=1S/C9H18O2/c1-4-5-6-7-8-9(10-2)11-3/h5-6,9H,4,7-8H2,1-3H3/b6-5-. The van der Waals surface area contributed by atoms with Gasteiger partial charge >= 0.3 is 0 Å². The summed E-state index contributed by atoms with van der Waals surface area (Å²) in [6.07, 6.45) is 7.33. The fraction of sp³-hybridized carbons (Fsp3) is 0.778. The minimum absolute atomic E-state index is 0.0449. The molecule has 0 aromatic carbocycles. The molecule has 0 fully saturated rings. The van der Waals surface area contributed by atoms with Gasteiger partial charge in [-0.1, -0.05) is 19.1 Å². The summed E-state index contributed by atoms with van der Waals surface area (Å²) in [5.74, 6) is 0. The topological polar surface area (TPSA) is 18.5 Å². The van der Waals surface area contributed by atoms with Gasteiger partial charge in [-0.2, -0.15) is 0 Å². The number of methoxy groups -OCH3 is 2. The van der Waals surface area contributed by atoms with E-state index in [4.69, 9.17) is 9.47 Å². The Labute approximate surface area is 69.2 Å². The molecule has 0 amide bonds. The molecule has 0 rings (SSSR count). The maximum absolute atomic E-state index is 5.02. The highest BCUT2D eigenvalue weighted by molar-refractivity contribution is 4.80. The van der Waals surface area contributed by atoms with Crippen molar-refractivity contribution in [2.75, 3.05) is 14.2 Å². The van der Waals surface area contributed by atoms with Gasteiger partial charge in [0, 0.05) is 20.6 Å². The first-order chi connectivity index (χ1) is 5.35. The summed E-state index contributed by atoms with van der Waals surface area (Å²) >= 11 is 0. The predicted molar refractivity (Wildman–Crippen MR) is 46.5 cm³/mol. The normalized spacial score (nSPS) is 11.6. The van der Waals surface area contributed by atoms with Crippen LogP contribution in [0.2, 0.25) is 0 Å². The maximum Gasteiger partial charge on any atom is 0.157 e. The van der Waals surface area contributed by atoms with Gasteiger partial charge < -0.3 is 9.47 Å². The average Bonchev–Trinajstić information content (AvgIpc) is 2.05. The smallest absolute Gasteiger partial charge is 0.157 e. The quantitative estimate of drug-likeness (QED) is 0.436. The molecule has 0 aliphatic heterocycles. The number of hydrogen-bond acceptors (Lipinski definition) is 2. The van der Waals surface area contributed by atoms with Crippen molar-refractivity contribution in [3.05, 3.63) is 12.2 Å². The highest BCUT2D eigenvalue weighted by atomic mass is 16.7. The molecule has 0 saturated heterocycles. The van der Waals surface area contributed by atoms with E-state index in [2.05, 4.69) is 19.1 Å². The van der Waals surface area contributed by atoms with Crippen LogP contribution in [0, 0.1) is 0 Å². The van der Waals surface area contributed by atoms with Gasteiger partial charge in [0.15, 0.2) is 6.29 Å². The lowest BCUT2D eigenvalue weighted by Gasteiger charge is -2.10. The number of ether oxygens (including phenoxy) is 2. The van der Waals surface area contributed by atoms with E-state index in [1.165, 1.54) is 0 Å². The Balaban J connectivity index is 3.27. The fourth-order valence-corrected chi connectivity index (χ4v) is 0.849. The molecule has 0 saturated carbocycles. The van der Waals surface area contributed by atoms with Crippen LogP contribution in [-0.4, -0.2) is 20.5 Å². The molecule has 0 aliphatic carbocycles. The molecule has 0 aliphatic rings. The van der Waals surface area contributed by atoms with Crippen molar-refractivity contribution < 1.29 is 9.47 Å². The second-order valence-corrected chi connectivity index (χ2v) is 2.36. The minimum atomic E-state index is -0.0449. The van der Waals surface area contributed by atoms with Crippen molar-refractivity contribution in [2.24, 2.45) is 0 Å². The van der Waals surface area contributed by atoms with Crippen LogP contribution in [0.1, 0.15) is 26.2 Å². The van der Waals surface area contributed by atoms with Gasteiger partial charge in [-0.25, -0.2) is 0 Å². The summed E-state index contributed by atoms with van der Waals surface area (Å²) in [6.45, 7) is 2.13. The zero-order valence-corrected chi connectivity index (χ0v) is 7.67. The van der Waals surface area contributed by atoms with E-state index in [0.29, 0.717) is 0 Å². The first-order valence-electron chi connectivity index (χ1n) is 4.05. The van der Waals surface area contributed by atoms with E-state index < -0.39 is 0 Å². The fourth-order valence-electron chi connectivity index (χ4n) is 0.849. The van der Waals surface area contributed by atoms with Crippen LogP contribution < -0.4 is 0 Å². The summed E-state index contributed by atoms with van der Waals surface area (Å²) in [7, 11) is 3.33. The molecule has 0 bridgehead atoms. The highest BCUT2D eigenvalue weighted by Crippen LogP contribution is 2.02. The molecule has 0 atom stereocenters. The average molecular weight is 158 g/mol. The molecule has 0 spiro atoms. The third-order valence-electron chi connectivity index (χ3n) is 1.50. The van der Waals surface area contributed by atoms with E-state index in [1.807, 2.05) is 0 Å². The molecule has 0 aromatic heterocycles. The van der Waals surface area contributed by atoms with Crippen LogP contribution in [0.5, 0.6) is 0 Å². The Morgan fingerprint density at radius 3 is 2.27 bits per heavy atom. The molecule has 0 unspecified atom stereocenters. The van der Waals surface area contributed by atoms with Crippen molar-refractivity contribution in [3.63, 3.8) is 0 Å². The third kappa shape index (κ3) is 6.07. The zero-order chi connectivity index (χ0) is 8.53. The molecule has 2 nitrogen and oxygen atoms in total. The van der Waals surface area contributed by atoms with Crippen molar-refractivity contribution >= 4 is 0 Å². The molecule has 0 radical (unpaired) electrons. The first-order valence-corrected chi connectivity index (χ1v) is 4.05. The Bertz CT molecular complexity index is 95.7. The van der Waals surface area contributed by atoms with Gasteiger partial charge in [-0.15, -0.1) is 0 Å². The van der Waals surface area contributed by atoms with Gasteiger partial charge in [-0.05, 0) is 12.8 Å². The molecule has 66 valence electrons. The third-order valence-corrected chi connectivity index (χ3v) is 1.50. The molecule has 11 heavy (non-hydrogen) atoms. The Kier molecular flexibility index (Phi) is 7.52. The van der Waals surface area contributed by atoms with Crippen LogP contribution in [-0.2, 0) is 9.47 Å². The van der Waals surface area contributed by atoms with E-state index in [1.54, 1.807) is 14.2 Å². The Morgan fingerprint density at radius 1 is 1.18 bits per heavy atom. The summed E-state index contributed by atoms with van der Waals surface area (Å²) < 4.78 is 10.0. The summed E-state index contributed by atoms with van der Waals surface area (Å²) in [4.78, 5) is 0. The van der Waals surface area contributed by atoms with E-state index >= 15 is 0 Å². The number of allylic oxidation sites excluding steroid dienone is 2. The molecule has 0 aromatic rings. The van der Waals surface area contributed by atoms with Crippen molar-refractivity contribution in [1.82, 2.24) is 0 Å². The molecular weight excluding hydrogens is 140 g/mol. The molecule has 0 heterocycles. The first kappa shape index (κ1) is 10.7. The zero-order valence-electron chi connectivity index (χ0n) is 7.67. The SMILES string of the molecule is CC/C=C\CCC(OC)OC. The lowest BCUT2D eigenvalue weighted by atomic mass is 10.2. The van der Waals surface area contributed by atoms with Crippen molar-refractivity contribution in [3.8, 4) is 0 Å². The molecule has 2 heteroatoms. The van der Waals surface area contributed by atoms with Gasteiger partial charge in [-0.3, -0.25) is 0 Å². The van der Waals surface area contributed by atoms with Crippen molar-refractivity contribution in [2.45, 2.75) is 32.5 Å². The largest absolute Gasteiger partial charge is 0.356 e. The van der Waals surface area contributed by atoms with Crippen LogP contribution in [0.3, 0.4) is 0 Å². The summed E-state index contributed by atoms with van der Waals surface area (Å²) in [6, 6.07) is 0. The summed E-state index contributed by atoms with van der Waals surface area (Å²) in [5.41, 5.74) is 0. The van der Waals surface area contributed by atoms with Crippen LogP contribution in [0.25, 0.3) is 0 Å². The highest BCUT2D eigenvalue weighted by Gasteiger charge is 2.01. The van der Waals surface area contributed by atoms with E-state index in [9.17, 15) is 0 Å². The van der Waals surface area contributed by atoms with E-state index in [-0.39, 0.29) is 6.29 Å². The summed E-state index contributed by atoms with van der Waals surface area (Å²) in [5, 5.41) is 0. The van der Waals surface area contributed by atoms with Crippen molar-refractivity contribution in [1.29, 1.82) is 0 Å². The Morgan fingerprint density at radius 2 is 1.82 bits per heavy atom. The molecular formula is C9H18O2. The minimum Gasteiger partial charge on any atom is -0.356 e. The number of hydrogen-bond donors (Lipinski definition) is 0. The Hall–Kier alpha value is -0.340. The monoisotopic (exact) mass is 158 g/mol. The number of rotatable bonds is 6. The van der Waals surface area contributed by atoms with E-state index in [0.717, 1.165) is 19.3 Å². The van der Waals surface area contributed by atoms with Gasteiger partial charge in [0.25, 0.3) is 0 Å². The van der Waals surface area contributed by atoms with Crippen LogP contribution >= 0.6 is 0 Å². The lowest BCUT2D eigenvalue weighted by molar-refractivity contribution is -0.105.